The van der Waals surface area contributed by atoms with Gasteiger partial charge in [0.15, 0.2) is 5.78 Å². The Hall–Kier alpha value is -2.05. The van der Waals surface area contributed by atoms with Crippen LogP contribution in [0.15, 0.2) is 53.6 Å². The molecular formula is C15H16N2O3S. The molecule has 1 heterocycles. The summed E-state index contributed by atoms with van der Waals surface area (Å²) in [4.78, 5) is 15.5. The van der Waals surface area contributed by atoms with Gasteiger partial charge in [-0.15, -0.1) is 0 Å². The van der Waals surface area contributed by atoms with Crippen molar-refractivity contribution in [3.63, 3.8) is 0 Å². The molecule has 6 heteroatoms. The van der Waals surface area contributed by atoms with Gasteiger partial charge in [0.2, 0.25) is 10.0 Å². The molecule has 1 aromatic carbocycles. The van der Waals surface area contributed by atoms with Crippen LogP contribution in [0.4, 0.5) is 0 Å². The van der Waals surface area contributed by atoms with E-state index in [4.69, 9.17) is 0 Å². The molecule has 0 aliphatic carbocycles. The number of carbonyl (C=O) groups is 1. The number of nitrogens with one attached hydrogen (secondary N) is 1. The molecule has 0 saturated heterocycles. The second-order valence-electron chi connectivity index (χ2n) is 4.68. The van der Waals surface area contributed by atoms with E-state index in [2.05, 4.69) is 9.71 Å². The molecule has 0 amide bonds. The Morgan fingerprint density at radius 1 is 1.19 bits per heavy atom. The van der Waals surface area contributed by atoms with Gasteiger partial charge in [0, 0.05) is 11.8 Å². The quantitative estimate of drug-likeness (QED) is 0.860. The smallest absolute Gasteiger partial charge is 0.241 e. The van der Waals surface area contributed by atoms with Gasteiger partial charge in [-0.2, -0.15) is 0 Å². The molecule has 1 N–H and O–H groups in total. The van der Waals surface area contributed by atoms with Crippen LogP contribution in [0.25, 0.3) is 0 Å². The third-order valence-electron chi connectivity index (χ3n) is 3.01. The van der Waals surface area contributed by atoms with E-state index in [1.165, 1.54) is 19.1 Å². The lowest BCUT2D eigenvalue weighted by Gasteiger charge is -2.14. The fraction of sp³-hybridized carbons (Fsp3) is 0.200. The van der Waals surface area contributed by atoms with Crippen molar-refractivity contribution in [3.05, 3.63) is 59.9 Å². The first-order valence-corrected chi connectivity index (χ1v) is 7.93. The molecule has 1 aromatic heterocycles. The maximum absolute atomic E-state index is 12.3. The molecule has 1 atom stereocenters. The first-order chi connectivity index (χ1) is 9.90. The summed E-state index contributed by atoms with van der Waals surface area (Å²) in [6, 6.07) is 10.8. The maximum Gasteiger partial charge on any atom is 0.241 e. The third kappa shape index (κ3) is 3.74. The number of ketones is 1. The van der Waals surface area contributed by atoms with Gasteiger partial charge in [-0.3, -0.25) is 9.78 Å². The summed E-state index contributed by atoms with van der Waals surface area (Å²) in [5.74, 6) is -0.176. The Morgan fingerprint density at radius 2 is 1.95 bits per heavy atom. The number of sulfonamides is 1. The molecule has 0 aliphatic heterocycles. The van der Waals surface area contributed by atoms with E-state index in [-0.39, 0.29) is 10.7 Å². The molecule has 0 saturated carbocycles. The van der Waals surface area contributed by atoms with Crippen molar-refractivity contribution in [3.8, 4) is 0 Å². The molecule has 2 rings (SSSR count). The first-order valence-electron chi connectivity index (χ1n) is 6.44. The summed E-state index contributed by atoms with van der Waals surface area (Å²) >= 11 is 0. The first kappa shape index (κ1) is 15.3. The van der Waals surface area contributed by atoms with Crippen molar-refractivity contribution < 1.29 is 13.2 Å². The largest absolute Gasteiger partial charge is 0.295 e. The molecule has 0 unspecified atom stereocenters. The van der Waals surface area contributed by atoms with E-state index in [1.807, 2.05) is 0 Å². The van der Waals surface area contributed by atoms with Crippen LogP contribution in [0.1, 0.15) is 35.9 Å². The summed E-state index contributed by atoms with van der Waals surface area (Å²) in [6.07, 6.45) is 1.61. The number of aromatic nitrogens is 1. The molecular weight excluding hydrogens is 288 g/mol. The van der Waals surface area contributed by atoms with E-state index >= 15 is 0 Å². The molecule has 0 fully saturated rings. The highest BCUT2D eigenvalue weighted by Gasteiger charge is 2.19. The average Bonchev–Trinajstić information content (AvgIpc) is 2.48. The third-order valence-corrected chi connectivity index (χ3v) is 4.55. The van der Waals surface area contributed by atoms with Gasteiger partial charge < -0.3 is 0 Å². The predicted octanol–water partition coefficient (Wildman–Crippen LogP) is 2.32. The molecule has 0 spiro atoms. The van der Waals surface area contributed by atoms with Gasteiger partial charge in [-0.05, 0) is 38.1 Å². The zero-order valence-electron chi connectivity index (χ0n) is 11.8. The topological polar surface area (TPSA) is 76.1 Å². The van der Waals surface area contributed by atoms with Crippen LogP contribution in [0.5, 0.6) is 0 Å². The number of pyridine rings is 1. The van der Waals surface area contributed by atoms with E-state index in [9.17, 15) is 13.2 Å². The minimum atomic E-state index is -3.71. The molecule has 21 heavy (non-hydrogen) atoms. The predicted molar refractivity (Wildman–Crippen MR) is 79.4 cm³/mol. The van der Waals surface area contributed by atoms with Crippen LogP contribution >= 0.6 is 0 Å². The van der Waals surface area contributed by atoms with Crippen molar-refractivity contribution in [1.82, 2.24) is 9.71 Å². The summed E-state index contributed by atoms with van der Waals surface area (Å²) < 4.78 is 27.2. The summed E-state index contributed by atoms with van der Waals surface area (Å²) in [6.45, 7) is 3.12. The summed E-state index contributed by atoms with van der Waals surface area (Å²) in [5.41, 5.74) is 0.993. The van der Waals surface area contributed by atoms with Gasteiger partial charge >= 0.3 is 0 Å². The number of carbonyl (C=O) groups excluding carboxylic acids is 1. The standard InChI is InChI=1S/C15H16N2O3S/c1-11(15-8-3-4-9-16-15)17-21(19,20)14-7-5-6-13(10-14)12(2)18/h3-11,17H,1-2H3/t11-/m1/s1. The zero-order chi connectivity index (χ0) is 15.5. The Labute approximate surface area is 124 Å². The Bertz CT molecular complexity index is 743. The highest BCUT2D eigenvalue weighted by molar-refractivity contribution is 7.89. The van der Waals surface area contributed by atoms with Crippen LogP contribution in [0.2, 0.25) is 0 Å². The van der Waals surface area contributed by atoms with Gasteiger partial charge in [0.1, 0.15) is 0 Å². The van der Waals surface area contributed by atoms with Crippen molar-refractivity contribution in [2.75, 3.05) is 0 Å². The highest BCUT2D eigenvalue weighted by Crippen LogP contribution is 2.16. The highest BCUT2D eigenvalue weighted by atomic mass is 32.2. The van der Waals surface area contributed by atoms with Crippen molar-refractivity contribution >= 4 is 15.8 Å². The Balaban J connectivity index is 2.26. The molecule has 110 valence electrons. The lowest BCUT2D eigenvalue weighted by Crippen LogP contribution is -2.27. The lowest BCUT2D eigenvalue weighted by molar-refractivity contribution is 0.101. The number of hydrogen-bond donors (Lipinski definition) is 1. The molecule has 2 aromatic rings. The summed E-state index contributed by atoms with van der Waals surface area (Å²) in [5, 5.41) is 0. The second-order valence-corrected chi connectivity index (χ2v) is 6.40. The van der Waals surface area contributed by atoms with E-state index in [0.717, 1.165) is 0 Å². The van der Waals surface area contributed by atoms with E-state index < -0.39 is 16.1 Å². The maximum atomic E-state index is 12.3. The van der Waals surface area contributed by atoms with Crippen LogP contribution in [0.3, 0.4) is 0 Å². The fourth-order valence-corrected chi connectivity index (χ4v) is 3.14. The van der Waals surface area contributed by atoms with Crippen LogP contribution in [0, 0.1) is 0 Å². The molecule has 5 nitrogen and oxygen atoms in total. The van der Waals surface area contributed by atoms with E-state index in [1.54, 1.807) is 43.5 Å². The number of nitrogens with zero attached hydrogens (tertiary/aromatic N) is 1. The van der Waals surface area contributed by atoms with Crippen molar-refractivity contribution in [1.29, 1.82) is 0 Å². The number of rotatable bonds is 5. The van der Waals surface area contributed by atoms with Gasteiger partial charge in [-0.1, -0.05) is 18.2 Å². The monoisotopic (exact) mass is 304 g/mol. The summed E-state index contributed by atoms with van der Waals surface area (Å²) in [7, 11) is -3.71. The van der Waals surface area contributed by atoms with Crippen LogP contribution in [-0.4, -0.2) is 19.2 Å². The zero-order valence-corrected chi connectivity index (χ0v) is 12.6. The van der Waals surface area contributed by atoms with Crippen molar-refractivity contribution in [2.45, 2.75) is 24.8 Å². The van der Waals surface area contributed by atoms with Gasteiger partial charge in [0.05, 0.1) is 16.6 Å². The number of hydrogen-bond acceptors (Lipinski definition) is 4. The number of Topliss-reactive ketones (excluding diaryl/α,β-unsaturated/α-hetero) is 1. The van der Waals surface area contributed by atoms with Crippen LogP contribution in [-0.2, 0) is 10.0 Å². The fourth-order valence-electron chi connectivity index (χ4n) is 1.88. The average molecular weight is 304 g/mol. The molecule has 0 aliphatic rings. The minimum Gasteiger partial charge on any atom is -0.295 e. The lowest BCUT2D eigenvalue weighted by atomic mass is 10.2. The van der Waals surface area contributed by atoms with Gasteiger partial charge in [-0.25, -0.2) is 13.1 Å². The van der Waals surface area contributed by atoms with Gasteiger partial charge in [0.25, 0.3) is 0 Å². The normalized spacial score (nSPS) is 12.9. The Morgan fingerprint density at radius 3 is 2.57 bits per heavy atom. The second kappa shape index (κ2) is 6.15. The number of benzene rings is 1. The van der Waals surface area contributed by atoms with Crippen LogP contribution < -0.4 is 4.72 Å². The SMILES string of the molecule is CC(=O)c1cccc(S(=O)(=O)N[C@H](C)c2ccccn2)c1. The van der Waals surface area contributed by atoms with E-state index in [0.29, 0.717) is 11.3 Å². The Kier molecular flexibility index (Phi) is 4.50. The molecule has 0 bridgehead atoms. The molecule has 0 radical (unpaired) electrons. The van der Waals surface area contributed by atoms with Crippen molar-refractivity contribution in [2.24, 2.45) is 0 Å². The minimum absolute atomic E-state index is 0.0676.